The highest BCUT2D eigenvalue weighted by Crippen LogP contribution is 1.43. The van der Waals surface area contributed by atoms with E-state index in [9.17, 15) is 0 Å². The maximum atomic E-state index is 7.00. The lowest BCUT2D eigenvalue weighted by molar-refractivity contribution is -0.472. The van der Waals surface area contributed by atoms with Crippen molar-refractivity contribution in [1.82, 2.24) is 5.39 Å². The molecule has 4 heteroatoms. The Kier molecular flexibility index (Phi) is 1.14. The van der Waals surface area contributed by atoms with Crippen molar-refractivity contribution in [2.24, 2.45) is 0 Å². The fraction of sp³-hybridized carbons (Fsp3) is 0. The lowest BCUT2D eigenvalue weighted by Crippen LogP contribution is -2.04. The second-order valence-corrected chi connectivity index (χ2v) is 0.268. The minimum Gasteiger partial charge on any atom is -0.266 e. The Hall–Kier alpha value is -0.160. The van der Waals surface area contributed by atoms with E-state index in [1.165, 1.54) is 0 Å². The van der Waals surface area contributed by atoms with Crippen molar-refractivity contribution >= 4 is 0 Å². The molecule has 0 rings (SSSR count). The summed E-state index contributed by atoms with van der Waals surface area (Å²) < 4.78 is 0. The molecule has 0 unspecified atom stereocenters. The van der Waals surface area contributed by atoms with Crippen LogP contribution in [-0.4, -0.2) is 21.0 Å². The smallest absolute Gasteiger partial charge is 0.0685 e. The molecule has 0 spiro atoms. The third-order valence-electron chi connectivity index (χ3n) is 0. The van der Waals surface area contributed by atoms with Gasteiger partial charge in [0.25, 0.3) is 0 Å². The van der Waals surface area contributed by atoms with Gasteiger partial charge >= 0.3 is 0 Å². The summed E-state index contributed by atoms with van der Waals surface area (Å²) in [5.41, 5.74) is 0. The summed E-state index contributed by atoms with van der Waals surface area (Å²) in [6.45, 7) is 0. The molecule has 0 saturated carbocycles. The van der Waals surface area contributed by atoms with Gasteiger partial charge in [-0.25, -0.2) is 0 Å². The van der Waals surface area contributed by atoms with E-state index < -0.39 is 5.39 Å². The van der Waals surface area contributed by atoms with Gasteiger partial charge in [-0.2, -0.15) is 0 Å². The number of hydrogen-bond donors (Lipinski definition) is 3. The van der Waals surface area contributed by atoms with Gasteiger partial charge < -0.3 is 0 Å². The third kappa shape index (κ3) is 50.7. The van der Waals surface area contributed by atoms with Gasteiger partial charge in [0, 0.05) is 0 Å². The summed E-state index contributed by atoms with van der Waals surface area (Å²) in [4.78, 5) is 0. The predicted octanol–water partition coefficient (Wildman–Crippen LogP) is -0.544. The zero-order valence-corrected chi connectivity index (χ0v) is 1.79. The second-order valence-electron chi connectivity index (χ2n) is 0.268. The Morgan fingerprint density at radius 3 is 1.00 bits per heavy atom. The number of nitrogens with zero attached hydrogens (tertiary/aromatic N) is 1. The first-order chi connectivity index (χ1) is 1.73. The summed E-state index contributed by atoms with van der Waals surface area (Å²) in [6, 6.07) is 0. The van der Waals surface area contributed by atoms with Crippen molar-refractivity contribution in [2.75, 3.05) is 0 Å². The Morgan fingerprint density at radius 2 is 1.00 bits per heavy atom. The Labute approximate surface area is 22.4 Å². The molecule has 0 aromatic rings. The van der Waals surface area contributed by atoms with Gasteiger partial charge in [-0.15, -0.1) is 0 Å². The van der Waals surface area contributed by atoms with E-state index in [0.717, 1.165) is 0 Å². The SMILES string of the molecule is ON(O)O. The molecule has 0 aromatic heterocycles. The van der Waals surface area contributed by atoms with E-state index in [4.69, 9.17) is 15.6 Å². The third-order valence-corrected chi connectivity index (χ3v) is 0. The highest BCUT2D eigenvalue weighted by atomic mass is 17.0. The van der Waals surface area contributed by atoms with Crippen LogP contribution in [0.1, 0.15) is 0 Å². The van der Waals surface area contributed by atoms with Crippen molar-refractivity contribution in [3.05, 3.63) is 0 Å². The number of hydrogen-bond acceptors (Lipinski definition) is 4. The average molecular weight is 65.0 g/mol. The Morgan fingerprint density at radius 1 is 1.00 bits per heavy atom. The Bertz CT molecular complexity index is 8.00. The van der Waals surface area contributed by atoms with E-state index in [1.807, 2.05) is 0 Å². The highest BCUT2D eigenvalue weighted by molar-refractivity contribution is 3.14. The molecular formula is H3NO3. The lowest BCUT2D eigenvalue weighted by atomic mass is 13.0. The topological polar surface area (TPSA) is 63.9 Å². The van der Waals surface area contributed by atoms with Crippen LogP contribution in [0.3, 0.4) is 0 Å². The van der Waals surface area contributed by atoms with E-state index in [0.29, 0.717) is 0 Å². The largest absolute Gasteiger partial charge is 0.266 e. The zero-order chi connectivity index (χ0) is 3.58. The quantitative estimate of drug-likeness (QED) is 0.331. The summed E-state index contributed by atoms with van der Waals surface area (Å²) >= 11 is 0. The van der Waals surface area contributed by atoms with Gasteiger partial charge in [0.1, 0.15) is 0 Å². The van der Waals surface area contributed by atoms with Crippen molar-refractivity contribution < 1.29 is 15.6 Å². The van der Waals surface area contributed by atoms with Crippen LogP contribution in [0.4, 0.5) is 0 Å². The van der Waals surface area contributed by atoms with E-state index in [1.54, 1.807) is 0 Å². The number of rotatable bonds is 0. The lowest BCUT2D eigenvalue weighted by Gasteiger charge is -1.84. The average Bonchev–Trinajstić information content (AvgIpc) is 0.811. The predicted molar refractivity (Wildman–Crippen MR) is 7.20 cm³/mol. The second kappa shape index (κ2) is 1.19. The normalized spacial score (nSPS) is 9.00. The fourth-order valence-corrected chi connectivity index (χ4v) is 0. The first-order valence-electron chi connectivity index (χ1n) is 0.600. The van der Waals surface area contributed by atoms with E-state index in [-0.39, 0.29) is 0 Å². The minimum atomic E-state index is -1.00. The molecule has 0 aliphatic heterocycles. The summed E-state index contributed by atoms with van der Waals surface area (Å²) in [7, 11) is 0. The monoisotopic (exact) mass is 65.0 g/mol. The highest BCUT2D eigenvalue weighted by Gasteiger charge is 1.64. The van der Waals surface area contributed by atoms with Crippen LogP contribution < -0.4 is 0 Å². The zero-order valence-electron chi connectivity index (χ0n) is 1.79. The van der Waals surface area contributed by atoms with E-state index >= 15 is 0 Å². The molecule has 0 aromatic carbocycles. The minimum absolute atomic E-state index is 1.00. The molecule has 26 valence electrons. The van der Waals surface area contributed by atoms with Crippen LogP contribution in [0.2, 0.25) is 0 Å². The van der Waals surface area contributed by atoms with Crippen molar-refractivity contribution in [3.8, 4) is 0 Å². The molecular weight excluding hydrogens is 62.0 g/mol. The standard InChI is InChI=1S/H3NO3/c2-1(3)4/h2-4H. The van der Waals surface area contributed by atoms with Gasteiger partial charge in [-0.3, -0.25) is 15.6 Å². The van der Waals surface area contributed by atoms with Gasteiger partial charge in [0.05, 0.1) is 5.39 Å². The summed E-state index contributed by atoms with van der Waals surface area (Å²) in [5, 5.41) is 20.0. The van der Waals surface area contributed by atoms with Crippen LogP contribution in [0, 0.1) is 0 Å². The maximum Gasteiger partial charge on any atom is 0.0685 e. The van der Waals surface area contributed by atoms with Gasteiger partial charge in [-0.1, -0.05) is 0 Å². The molecule has 3 N–H and O–H groups in total. The molecule has 0 aliphatic carbocycles. The van der Waals surface area contributed by atoms with Crippen LogP contribution in [0.25, 0.3) is 0 Å². The molecule has 4 heavy (non-hydrogen) atoms. The van der Waals surface area contributed by atoms with Crippen molar-refractivity contribution in [2.45, 2.75) is 0 Å². The molecule has 4 nitrogen and oxygen atoms in total. The van der Waals surface area contributed by atoms with Gasteiger partial charge in [-0.05, 0) is 0 Å². The van der Waals surface area contributed by atoms with Crippen LogP contribution >= 0.6 is 0 Å². The first kappa shape index (κ1) is 3.84. The van der Waals surface area contributed by atoms with Crippen LogP contribution in [0.5, 0.6) is 0 Å². The maximum absolute atomic E-state index is 7.00. The van der Waals surface area contributed by atoms with Crippen molar-refractivity contribution in [3.63, 3.8) is 0 Å². The summed E-state index contributed by atoms with van der Waals surface area (Å²) in [6.07, 6.45) is 0. The van der Waals surface area contributed by atoms with Gasteiger partial charge in [0.15, 0.2) is 0 Å². The fourth-order valence-electron chi connectivity index (χ4n) is 0. The van der Waals surface area contributed by atoms with Crippen LogP contribution in [-0.2, 0) is 0 Å². The summed E-state index contributed by atoms with van der Waals surface area (Å²) in [5.74, 6) is 0. The van der Waals surface area contributed by atoms with E-state index in [2.05, 4.69) is 0 Å². The molecule has 0 aliphatic rings. The molecule has 0 bridgehead atoms. The molecule has 0 fully saturated rings. The molecule has 0 radical (unpaired) electrons. The molecule has 0 saturated heterocycles. The van der Waals surface area contributed by atoms with Crippen LogP contribution in [0.15, 0.2) is 0 Å². The molecule has 0 amide bonds. The van der Waals surface area contributed by atoms with Gasteiger partial charge in [0.2, 0.25) is 0 Å². The first-order valence-corrected chi connectivity index (χ1v) is 0.600. The van der Waals surface area contributed by atoms with Crippen molar-refractivity contribution in [1.29, 1.82) is 0 Å². The molecule has 0 heterocycles. The molecule has 0 atom stereocenters. The Balaban J connectivity index is 2.32.